The highest BCUT2D eigenvalue weighted by Gasteiger charge is 2.25. The molecule has 0 bridgehead atoms. The van der Waals surface area contributed by atoms with Crippen LogP contribution in [-0.4, -0.2) is 43.2 Å². The van der Waals surface area contributed by atoms with Crippen LogP contribution in [0.3, 0.4) is 0 Å². The summed E-state index contributed by atoms with van der Waals surface area (Å²) < 4.78 is 5.11. The first kappa shape index (κ1) is 24.7. The summed E-state index contributed by atoms with van der Waals surface area (Å²) in [6.07, 6.45) is 4.05. The van der Waals surface area contributed by atoms with Crippen molar-refractivity contribution in [3.63, 3.8) is 0 Å². The van der Waals surface area contributed by atoms with Gasteiger partial charge in [0.1, 0.15) is 11.8 Å². The molecular formula is C24H31ClN2O4. The van der Waals surface area contributed by atoms with Crippen molar-refractivity contribution in [2.24, 2.45) is 0 Å². The number of ether oxygens (including phenoxy) is 1. The Bertz CT molecular complexity index is 858. The van der Waals surface area contributed by atoms with Crippen molar-refractivity contribution in [1.82, 2.24) is 10.6 Å². The number of esters is 1. The number of hydrogen-bond donors (Lipinski definition) is 3. The Balaban J connectivity index is 2.10. The number of aryl methyl sites for hydroxylation is 1. The van der Waals surface area contributed by atoms with E-state index in [9.17, 15) is 14.7 Å². The number of carbonyl (C=O) groups excluding carboxylic acids is 2. The monoisotopic (exact) mass is 446 g/mol. The zero-order chi connectivity index (χ0) is 22.6. The molecule has 0 spiro atoms. The summed E-state index contributed by atoms with van der Waals surface area (Å²) in [4.78, 5) is 25.2. The van der Waals surface area contributed by atoms with Gasteiger partial charge in [-0.1, -0.05) is 48.4 Å². The first-order chi connectivity index (χ1) is 15.0. The fourth-order valence-electron chi connectivity index (χ4n) is 3.29. The van der Waals surface area contributed by atoms with Gasteiger partial charge in [0, 0.05) is 11.4 Å². The van der Waals surface area contributed by atoms with Crippen molar-refractivity contribution in [2.75, 3.05) is 20.2 Å². The summed E-state index contributed by atoms with van der Waals surface area (Å²) in [6, 6.07) is 11.5. The van der Waals surface area contributed by atoms with Gasteiger partial charge < -0.3 is 20.5 Å². The Kier molecular flexibility index (Phi) is 10.3. The van der Waals surface area contributed by atoms with Gasteiger partial charge in [0.2, 0.25) is 0 Å². The lowest BCUT2D eigenvalue weighted by Gasteiger charge is -2.18. The number of nitrogens with one attached hydrogen (secondary N) is 2. The lowest BCUT2D eigenvalue weighted by molar-refractivity contribution is -0.145. The Morgan fingerprint density at radius 1 is 1.13 bits per heavy atom. The molecule has 0 aliphatic heterocycles. The molecule has 31 heavy (non-hydrogen) atoms. The molecule has 0 fully saturated rings. The highest BCUT2D eigenvalue weighted by atomic mass is 35.5. The van der Waals surface area contributed by atoms with Crippen molar-refractivity contribution < 1.29 is 19.4 Å². The number of carbonyl (C=O) groups is 2. The van der Waals surface area contributed by atoms with Crippen molar-refractivity contribution in [3.05, 3.63) is 64.2 Å². The maximum Gasteiger partial charge on any atom is 0.328 e. The molecule has 2 rings (SSSR count). The molecule has 0 aromatic heterocycles. The van der Waals surface area contributed by atoms with Gasteiger partial charge in [0.15, 0.2) is 0 Å². The van der Waals surface area contributed by atoms with Crippen LogP contribution < -0.4 is 10.6 Å². The Labute approximate surface area is 189 Å². The van der Waals surface area contributed by atoms with Crippen molar-refractivity contribution in [3.8, 4) is 5.75 Å². The highest BCUT2D eigenvalue weighted by Crippen LogP contribution is 2.28. The largest absolute Gasteiger partial charge is 0.507 e. The van der Waals surface area contributed by atoms with Gasteiger partial charge in [-0.15, -0.1) is 0 Å². The Morgan fingerprint density at radius 2 is 1.87 bits per heavy atom. The molecule has 0 saturated carbocycles. The first-order valence-electron chi connectivity index (χ1n) is 10.6. The molecule has 1 unspecified atom stereocenters. The van der Waals surface area contributed by atoms with E-state index in [0.717, 1.165) is 43.4 Å². The molecule has 1 amide bonds. The first-order valence-corrected chi connectivity index (χ1v) is 11.0. The minimum atomic E-state index is -0.875. The molecule has 7 heteroatoms. The molecule has 2 aromatic carbocycles. The quantitative estimate of drug-likeness (QED) is 0.340. The maximum atomic E-state index is 12.8. The van der Waals surface area contributed by atoms with Crippen LogP contribution in [0.4, 0.5) is 0 Å². The van der Waals surface area contributed by atoms with Crippen LogP contribution in [0, 0.1) is 0 Å². The molecule has 0 aliphatic rings. The van der Waals surface area contributed by atoms with Crippen LogP contribution in [0.15, 0.2) is 42.5 Å². The summed E-state index contributed by atoms with van der Waals surface area (Å²) >= 11 is 6.37. The second-order valence-electron chi connectivity index (χ2n) is 7.34. The van der Waals surface area contributed by atoms with Gasteiger partial charge in [-0.3, -0.25) is 4.79 Å². The SMILES string of the molecule is CCOC(=O)C(Cc1ccccc1)NC(=O)c1cc(Cl)c(CCCCCNC)cc1O. The Hall–Kier alpha value is -2.57. The summed E-state index contributed by atoms with van der Waals surface area (Å²) in [5.74, 6) is -1.26. The summed E-state index contributed by atoms with van der Waals surface area (Å²) in [5, 5.41) is 16.6. The van der Waals surface area contributed by atoms with E-state index in [4.69, 9.17) is 16.3 Å². The third-order valence-corrected chi connectivity index (χ3v) is 5.29. The van der Waals surface area contributed by atoms with E-state index in [2.05, 4.69) is 10.6 Å². The topological polar surface area (TPSA) is 87.7 Å². The molecule has 0 saturated heterocycles. The zero-order valence-electron chi connectivity index (χ0n) is 18.1. The van der Waals surface area contributed by atoms with Crippen LogP contribution in [0.5, 0.6) is 5.75 Å². The fraction of sp³-hybridized carbons (Fsp3) is 0.417. The molecule has 168 valence electrons. The maximum absolute atomic E-state index is 12.8. The molecule has 0 aliphatic carbocycles. The van der Waals surface area contributed by atoms with Gasteiger partial charge in [-0.2, -0.15) is 0 Å². The molecule has 0 heterocycles. The fourth-order valence-corrected chi connectivity index (χ4v) is 3.55. The summed E-state index contributed by atoms with van der Waals surface area (Å²) in [5.41, 5.74) is 1.72. The van der Waals surface area contributed by atoms with Crippen LogP contribution in [0.2, 0.25) is 5.02 Å². The second kappa shape index (κ2) is 13.0. The number of benzene rings is 2. The van der Waals surface area contributed by atoms with Crippen LogP contribution in [0.1, 0.15) is 47.7 Å². The predicted molar refractivity (Wildman–Crippen MR) is 123 cm³/mol. The number of rotatable bonds is 12. The van der Waals surface area contributed by atoms with Gasteiger partial charge in [-0.05, 0) is 63.0 Å². The molecule has 3 N–H and O–H groups in total. The van der Waals surface area contributed by atoms with E-state index in [0.29, 0.717) is 5.02 Å². The van der Waals surface area contributed by atoms with E-state index < -0.39 is 17.9 Å². The standard InChI is InChI=1S/C24H31ClN2O4/c1-3-31-24(30)21(14-17-10-6-4-7-11-17)27-23(29)19-16-20(25)18(15-22(19)28)12-8-5-9-13-26-2/h4,6-7,10-11,15-16,21,26,28H,3,5,8-9,12-14H2,1-2H3,(H,27,29). The third kappa shape index (κ3) is 7.89. The van der Waals surface area contributed by atoms with E-state index in [-0.39, 0.29) is 24.3 Å². The predicted octanol–water partition coefficient (Wildman–Crippen LogP) is 3.88. The third-order valence-electron chi connectivity index (χ3n) is 4.94. The van der Waals surface area contributed by atoms with E-state index in [1.54, 1.807) is 6.92 Å². The van der Waals surface area contributed by atoms with Crippen molar-refractivity contribution in [2.45, 2.75) is 45.1 Å². The molecule has 6 nitrogen and oxygen atoms in total. The van der Waals surface area contributed by atoms with Crippen LogP contribution in [-0.2, 0) is 22.4 Å². The number of phenolic OH excluding ortho intramolecular Hbond substituents is 1. The highest BCUT2D eigenvalue weighted by molar-refractivity contribution is 6.31. The van der Waals surface area contributed by atoms with E-state index >= 15 is 0 Å². The minimum Gasteiger partial charge on any atom is -0.507 e. The van der Waals surface area contributed by atoms with E-state index in [1.807, 2.05) is 37.4 Å². The number of aromatic hydroxyl groups is 1. The van der Waals surface area contributed by atoms with Crippen LogP contribution >= 0.6 is 11.6 Å². The molecule has 1 atom stereocenters. The average molecular weight is 447 g/mol. The number of amides is 1. The van der Waals surface area contributed by atoms with Gasteiger partial charge >= 0.3 is 5.97 Å². The smallest absolute Gasteiger partial charge is 0.328 e. The van der Waals surface area contributed by atoms with Crippen LogP contribution in [0.25, 0.3) is 0 Å². The Morgan fingerprint density at radius 3 is 2.55 bits per heavy atom. The van der Waals surface area contributed by atoms with Gasteiger partial charge in [0.05, 0.1) is 12.2 Å². The van der Waals surface area contributed by atoms with Gasteiger partial charge in [-0.25, -0.2) is 4.79 Å². The molecule has 0 radical (unpaired) electrons. The molecule has 2 aromatic rings. The minimum absolute atomic E-state index is 0.0336. The van der Waals surface area contributed by atoms with Gasteiger partial charge in [0.25, 0.3) is 5.91 Å². The van der Waals surface area contributed by atoms with Crippen molar-refractivity contribution >= 4 is 23.5 Å². The summed E-state index contributed by atoms with van der Waals surface area (Å²) in [6.45, 7) is 2.88. The lowest BCUT2D eigenvalue weighted by Crippen LogP contribution is -2.43. The van der Waals surface area contributed by atoms with Crippen molar-refractivity contribution in [1.29, 1.82) is 0 Å². The average Bonchev–Trinajstić information content (AvgIpc) is 2.76. The lowest BCUT2D eigenvalue weighted by atomic mass is 10.0. The summed E-state index contributed by atoms with van der Waals surface area (Å²) in [7, 11) is 1.92. The molecular weight excluding hydrogens is 416 g/mol. The number of phenols is 1. The number of hydrogen-bond acceptors (Lipinski definition) is 5. The van der Waals surface area contributed by atoms with E-state index in [1.165, 1.54) is 12.1 Å². The number of halogens is 1. The number of unbranched alkanes of at least 4 members (excludes halogenated alkanes) is 2. The zero-order valence-corrected chi connectivity index (χ0v) is 18.9. The second-order valence-corrected chi connectivity index (χ2v) is 7.75. The normalized spacial score (nSPS) is 11.7.